The van der Waals surface area contributed by atoms with Gasteiger partial charge in [0, 0.05) is 0 Å². The predicted octanol–water partition coefficient (Wildman–Crippen LogP) is 1.44. The Morgan fingerprint density at radius 2 is 1.85 bits per heavy atom. The van der Waals surface area contributed by atoms with Gasteiger partial charge in [0.05, 0.1) is 13.2 Å². The van der Waals surface area contributed by atoms with E-state index in [2.05, 4.69) is 0 Å². The third-order valence-corrected chi connectivity index (χ3v) is 3.52. The zero-order chi connectivity index (χ0) is 14.2. The maximum atomic E-state index is 9.84. The van der Waals surface area contributed by atoms with Crippen LogP contribution >= 0.6 is 0 Å². The standard InChI is InChI=1S/C15H20O5/c1-15(2)19-12-11(18-14(16)13(12)20-15)9-17-8-10-6-4-3-5-7-10/h3-7,11-14,16H,8-9H2,1-2H3/t11-,12-,13-,14+/m1/s1. The van der Waals surface area contributed by atoms with Gasteiger partial charge in [0.25, 0.3) is 0 Å². The van der Waals surface area contributed by atoms with Gasteiger partial charge in [-0.2, -0.15) is 0 Å². The first kappa shape index (κ1) is 14.0. The molecule has 5 heteroatoms. The SMILES string of the molecule is CC1(C)O[C@@H]2[C@H](O1)[C@@H](COCc1ccccc1)O[C@@H]2O. The van der Waals surface area contributed by atoms with Crippen LogP contribution in [0.3, 0.4) is 0 Å². The average Bonchev–Trinajstić information content (AvgIpc) is 2.87. The second-order valence-corrected chi connectivity index (χ2v) is 5.63. The lowest BCUT2D eigenvalue weighted by atomic mass is 10.1. The van der Waals surface area contributed by atoms with Crippen LogP contribution in [-0.2, 0) is 25.6 Å². The summed E-state index contributed by atoms with van der Waals surface area (Å²) in [4.78, 5) is 0. The van der Waals surface area contributed by atoms with Crippen LogP contribution in [0.25, 0.3) is 0 Å². The van der Waals surface area contributed by atoms with Gasteiger partial charge in [-0.05, 0) is 19.4 Å². The lowest BCUT2D eigenvalue weighted by molar-refractivity contribution is -0.225. The number of aliphatic hydroxyl groups excluding tert-OH is 1. The van der Waals surface area contributed by atoms with E-state index in [9.17, 15) is 5.11 Å². The Labute approximate surface area is 118 Å². The number of rotatable bonds is 4. The summed E-state index contributed by atoms with van der Waals surface area (Å²) >= 11 is 0. The van der Waals surface area contributed by atoms with Gasteiger partial charge >= 0.3 is 0 Å². The van der Waals surface area contributed by atoms with Gasteiger partial charge < -0.3 is 24.1 Å². The second-order valence-electron chi connectivity index (χ2n) is 5.63. The molecule has 4 atom stereocenters. The summed E-state index contributed by atoms with van der Waals surface area (Å²) in [5.41, 5.74) is 1.10. The summed E-state index contributed by atoms with van der Waals surface area (Å²) in [6.07, 6.45) is -1.97. The van der Waals surface area contributed by atoms with Crippen LogP contribution in [0, 0.1) is 0 Å². The minimum atomic E-state index is -0.952. The molecule has 1 N–H and O–H groups in total. The molecule has 3 rings (SSSR count). The van der Waals surface area contributed by atoms with Crippen molar-refractivity contribution in [2.75, 3.05) is 6.61 Å². The fourth-order valence-corrected chi connectivity index (χ4v) is 2.66. The topological polar surface area (TPSA) is 57.2 Å². The van der Waals surface area contributed by atoms with E-state index in [0.29, 0.717) is 13.2 Å². The fourth-order valence-electron chi connectivity index (χ4n) is 2.66. The van der Waals surface area contributed by atoms with Crippen LogP contribution in [0.2, 0.25) is 0 Å². The lowest BCUT2D eigenvalue weighted by Gasteiger charge is -2.22. The third-order valence-electron chi connectivity index (χ3n) is 3.52. The zero-order valence-electron chi connectivity index (χ0n) is 11.7. The van der Waals surface area contributed by atoms with Crippen molar-refractivity contribution in [2.45, 2.75) is 50.8 Å². The number of ether oxygens (including phenoxy) is 4. The van der Waals surface area contributed by atoms with E-state index in [1.165, 1.54) is 0 Å². The number of aliphatic hydroxyl groups is 1. The van der Waals surface area contributed by atoms with E-state index in [1.807, 2.05) is 44.2 Å². The van der Waals surface area contributed by atoms with Crippen molar-refractivity contribution < 1.29 is 24.1 Å². The Hall–Kier alpha value is -0.980. The first-order valence-electron chi connectivity index (χ1n) is 6.86. The predicted molar refractivity (Wildman–Crippen MR) is 70.8 cm³/mol. The molecule has 2 aliphatic heterocycles. The van der Waals surface area contributed by atoms with E-state index in [1.54, 1.807) is 0 Å². The van der Waals surface area contributed by atoms with Gasteiger partial charge in [0.1, 0.15) is 18.3 Å². The Morgan fingerprint density at radius 1 is 1.15 bits per heavy atom. The van der Waals surface area contributed by atoms with Crippen LogP contribution in [-0.4, -0.2) is 42.1 Å². The first-order valence-corrected chi connectivity index (χ1v) is 6.86. The fraction of sp³-hybridized carbons (Fsp3) is 0.600. The molecule has 1 aromatic carbocycles. The molecule has 0 amide bonds. The number of benzene rings is 1. The molecule has 0 saturated carbocycles. The van der Waals surface area contributed by atoms with Crippen molar-refractivity contribution in [2.24, 2.45) is 0 Å². The number of hydrogen-bond acceptors (Lipinski definition) is 5. The molecule has 0 bridgehead atoms. The summed E-state index contributed by atoms with van der Waals surface area (Å²) in [6, 6.07) is 9.93. The Balaban J connectivity index is 1.53. The quantitative estimate of drug-likeness (QED) is 0.904. The minimum Gasteiger partial charge on any atom is -0.374 e. The summed E-state index contributed by atoms with van der Waals surface area (Å²) in [5, 5.41) is 9.84. The van der Waals surface area contributed by atoms with Crippen molar-refractivity contribution in [1.82, 2.24) is 0 Å². The van der Waals surface area contributed by atoms with Gasteiger partial charge in [-0.3, -0.25) is 0 Å². The van der Waals surface area contributed by atoms with Crippen LogP contribution in [0.15, 0.2) is 30.3 Å². The van der Waals surface area contributed by atoms with Crippen molar-refractivity contribution in [3.63, 3.8) is 0 Å². The number of fused-ring (bicyclic) bond motifs is 1. The summed E-state index contributed by atoms with van der Waals surface area (Å²) < 4.78 is 22.5. The summed E-state index contributed by atoms with van der Waals surface area (Å²) in [7, 11) is 0. The molecule has 5 nitrogen and oxygen atoms in total. The monoisotopic (exact) mass is 280 g/mol. The smallest absolute Gasteiger partial charge is 0.184 e. The summed E-state index contributed by atoms with van der Waals surface area (Å²) in [5.74, 6) is -0.683. The Bertz CT molecular complexity index is 447. The molecule has 0 aromatic heterocycles. The van der Waals surface area contributed by atoms with E-state index in [0.717, 1.165) is 5.56 Å². The maximum absolute atomic E-state index is 9.84. The van der Waals surface area contributed by atoms with Gasteiger partial charge in [-0.15, -0.1) is 0 Å². The highest BCUT2D eigenvalue weighted by Gasteiger charge is 2.54. The molecule has 0 aliphatic carbocycles. The van der Waals surface area contributed by atoms with Crippen LogP contribution in [0.4, 0.5) is 0 Å². The van der Waals surface area contributed by atoms with E-state index in [4.69, 9.17) is 18.9 Å². The first-order chi connectivity index (χ1) is 9.55. The van der Waals surface area contributed by atoms with Gasteiger partial charge in [-0.1, -0.05) is 30.3 Å². The van der Waals surface area contributed by atoms with E-state index in [-0.39, 0.29) is 12.2 Å². The largest absolute Gasteiger partial charge is 0.374 e. The molecule has 1 aromatic rings. The van der Waals surface area contributed by atoms with Gasteiger partial charge in [0.15, 0.2) is 12.1 Å². The molecule has 2 saturated heterocycles. The Kier molecular flexibility index (Phi) is 3.79. The molecule has 0 unspecified atom stereocenters. The molecular weight excluding hydrogens is 260 g/mol. The maximum Gasteiger partial charge on any atom is 0.184 e. The zero-order valence-corrected chi connectivity index (χ0v) is 11.7. The average molecular weight is 280 g/mol. The summed E-state index contributed by atoms with van der Waals surface area (Å²) in [6.45, 7) is 4.55. The highest BCUT2D eigenvalue weighted by Crippen LogP contribution is 2.37. The minimum absolute atomic E-state index is 0.282. The molecule has 0 radical (unpaired) electrons. The van der Waals surface area contributed by atoms with Crippen molar-refractivity contribution in [1.29, 1.82) is 0 Å². The van der Waals surface area contributed by atoms with Crippen LogP contribution in [0.1, 0.15) is 19.4 Å². The molecule has 2 aliphatic rings. The molecular formula is C15H20O5. The lowest BCUT2D eigenvalue weighted by Crippen LogP contribution is -2.32. The molecule has 110 valence electrons. The van der Waals surface area contributed by atoms with Gasteiger partial charge in [0.2, 0.25) is 0 Å². The van der Waals surface area contributed by atoms with Crippen LogP contribution in [0.5, 0.6) is 0 Å². The van der Waals surface area contributed by atoms with Crippen LogP contribution < -0.4 is 0 Å². The number of hydrogen-bond donors (Lipinski definition) is 1. The van der Waals surface area contributed by atoms with Gasteiger partial charge in [-0.25, -0.2) is 0 Å². The normalized spacial score (nSPS) is 35.1. The molecule has 2 fully saturated rings. The Morgan fingerprint density at radius 3 is 2.60 bits per heavy atom. The highest BCUT2D eigenvalue weighted by molar-refractivity contribution is 5.13. The van der Waals surface area contributed by atoms with E-state index < -0.39 is 18.2 Å². The van der Waals surface area contributed by atoms with Crippen molar-refractivity contribution in [3.05, 3.63) is 35.9 Å². The third kappa shape index (κ3) is 2.87. The molecule has 0 spiro atoms. The molecule has 2 heterocycles. The van der Waals surface area contributed by atoms with Crippen molar-refractivity contribution >= 4 is 0 Å². The van der Waals surface area contributed by atoms with Crippen molar-refractivity contribution in [3.8, 4) is 0 Å². The molecule has 20 heavy (non-hydrogen) atoms. The highest BCUT2D eigenvalue weighted by atomic mass is 16.8. The van der Waals surface area contributed by atoms with E-state index >= 15 is 0 Å². The second kappa shape index (κ2) is 5.42.